The number of hydrogen-bond acceptors (Lipinski definition) is 4. The molecule has 0 saturated heterocycles. The Bertz CT molecular complexity index is 495. The van der Waals surface area contributed by atoms with Crippen molar-refractivity contribution in [3.63, 3.8) is 0 Å². The first kappa shape index (κ1) is 25.1. The Labute approximate surface area is 180 Å². The Kier molecular flexibility index (Phi) is 10.5. The molecule has 0 spiro atoms. The minimum absolute atomic E-state index is 0.0896. The molecule has 2 aliphatic carbocycles. The maximum atomic E-state index is 14.2. The Hall–Kier alpha value is -1.20. The molecule has 2 atom stereocenters. The van der Waals surface area contributed by atoms with Crippen LogP contribution in [0.15, 0.2) is 0 Å². The Morgan fingerprint density at radius 2 is 1.23 bits per heavy atom. The first-order valence-corrected chi connectivity index (χ1v) is 12.1. The number of carbonyl (C=O) groups is 2. The molecule has 0 radical (unpaired) electrons. The van der Waals surface area contributed by atoms with Gasteiger partial charge < -0.3 is 9.47 Å². The van der Waals surface area contributed by atoms with Gasteiger partial charge in [0.1, 0.15) is 0 Å². The van der Waals surface area contributed by atoms with E-state index in [1.807, 2.05) is 13.8 Å². The van der Waals surface area contributed by atoms with Crippen molar-refractivity contribution < 1.29 is 27.8 Å². The number of ether oxygens (including phenoxy) is 2. The van der Waals surface area contributed by atoms with Crippen molar-refractivity contribution in [3.8, 4) is 0 Å². The summed E-state index contributed by atoms with van der Waals surface area (Å²) in [5.74, 6) is -2.35. The molecule has 0 amide bonds. The second-order valence-corrected chi connectivity index (χ2v) is 9.21. The number of carbonyl (C=O) groups excluding carboxylic acids is 2. The Morgan fingerprint density at radius 3 is 1.67 bits per heavy atom. The van der Waals surface area contributed by atoms with E-state index in [-0.39, 0.29) is 12.8 Å². The largest absolute Gasteiger partial charge is 0.420 e. The van der Waals surface area contributed by atoms with E-state index in [1.54, 1.807) is 0 Å². The number of hydrogen-bond donors (Lipinski definition) is 0. The molecule has 6 heteroatoms. The van der Waals surface area contributed by atoms with Gasteiger partial charge in [-0.15, -0.1) is 0 Å². The molecule has 4 nitrogen and oxygen atoms in total. The lowest BCUT2D eigenvalue weighted by atomic mass is 9.72. The third kappa shape index (κ3) is 7.49. The van der Waals surface area contributed by atoms with Gasteiger partial charge in [-0.05, 0) is 37.5 Å². The molecule has 2 fully saturated rings. The molecule has 30 heavy (non-hydrogen) atoms. The third-order valence-corrected chi connectivity index (χ3v) is 6.82. The fourth-order valence-electron chi connectivity index (χ4n) is 4.88. The maximum absolute atomic E-state index is 14.2. The summed E-state index contributed by atoms with van der Waals surface area (Å²) in [5.41, 5.74) is 0. The van der Waals surface area contributed by atoms with Crippen LogP contribution in [-0.4, -0.2) is 30.1 Å². The molecule has 0 N–H and O–H groups in total. The number of alkyl halides is 2. The van der Waals surface area contributed by atoms with Crippen molar-refractivity contribution in [1.29, 1.82) is 0 Å². The predicted molar refractivity (Wildman–Crippen MR) is 112 cm³/mol. The molecule has 0 heterocycles. The van der Waals surface area contributed by atoms with Crippen LogP contribution in [0.2, 0.25) is 0 Å². The fraction of sp³-hybridized carbons (Fsp3) is 0.917. The number of esters is 2. The molecule has 0 aromatic carbocycles. The summed E-state index contributed by atoms with van der Waals surface area (Å²) in [4.78, 5) is 24.7. The van der Waals surface area contributed by atoms with Gasteiger partial charge in [-0.3, -0.25) is 0 Å². The second kappa shape index (κ2) is 12.6. The Morgan fingerprint density at radius 1 is 0.800 bits per heavy atom. The van der Waals surface area contributed by atoms with E-state index in [4.69, 9.17) is 9.47 Å². The summed E-state index contributed by atoms with van der Waals surface area (Å²) in [5, 5.41) is 0. The van der Waals surface area contributed by atoms with Crippen LogP contribution in [0.4, 0.5) is 8.78 Å². The van der Waals surface area contributed by atoms with Crippen LogP contribution in [-0.2, 0) is 19.1 Å². The van der Waals surface area contributed by atoms with Crippen molar-refractivity contribution in [3.05, 3.63) is 0 Å². The first-order valence-electron chi connectivity index (χ1n) is 12.1. The summed E-state index contributed by atoms with van der Waals surface area (Å²) in [6.07, 6.45) is 7.78. The summed E-state index contributed by atoms with van der Waals surface area (Å²) >= 11 is 0. The first-order chi connectivity index (χ1) is 14.4. The van der Waals surface area contributed by atoms with Crippen LogP contribution in [0.5, 0.6) is 0 Å². The zero-order valence-electron chi connectivity index (χ0n) is 18.8. The molecule has 0 bridgehead atoms. The van der Waals surface area contributed by atoms with Crippen LogP contribution in [0, 0.1) is 11.8 Å². The lowest BCUT2D eigenvalue weighted by molar-refractivity contribution is -0.248. The van der Waals surface area contributed by atoms with Crippen LogP contribution < -0.4 is 0 Å². The minimum Gasteiger partial charge on any atom is -0.420 e. The van der Waals surface area contributed by atoms with Gasteiger partial charge >= 0.3 is 11.9 Å². The molecular formula is C24H40F2O4. The van der Waals surface area contributed by atoms with E-state index in [0.717, 1.165) is 25.7 Å². The molecule has 2 aliphatic rings. The highest BCUT2D eigenvalue weighted by atomic mass is 19.1. The lowest BCUT2D eigenvalue weighted by Crippen LogP contribution is -2.47. The summed E-state index contributed by atoms with van der Waals surface area (Å²) in [6, 6.07) is 0. The van der Waals surface area contributed by atoms with E-state index in [9.17, 15) is 18.4 Å². The summed E-state index contributed by atoms with van der Waals surface area (Å²) < 4.78 is 39.4. The van der Waals surface area contributed by atoms with Crippen LogP contribution in [0.25, 0.3) is 0 Å². The van der Waals surface area contributed by atoms with Crippen molar-refractivity contribution >= 4 is 11.9 Å². The summed E-state index contributed by atoms with van der Waals surface area (Å²) in [7, 11) is 0. The van der Waals surface area contributed by atoms with Gasteiger partial charge in [-0.25, -0.2) is 18.4 Å². The third-order valence-electron chi connectivity index (χ3n) is 6.82. The predicted octanol–water partition coefficient (Wildman–Crippen LogP) is 6.60. The zero-order valence-corrected chi connectivity index (χ0v) is 18.8. The van der Waals surface area contributed by atoms with Gasteiger partial charge in [0, 0.05) is 12.8 Å². The summed E-state index contributed by atoms with van der Waals surface area (Å²) in [6.45, 7) is 3.84. The van der Waals surface area contributed by atoms with Crippen LogP contribution >= 0.6 is 0 Å². The second-order valence-electron chi connectivity index (χ2n) is 9.21. The van der Waals surface area contributed by atoms with E-state index in [0.29, 0.717) is 37.5 Å². The topological polar surface area (TPSA) is 52.6 Å². The maximum Gasteiger partial charge on any atom is 0.343 e. The van der Waals surface area contributed by atoms with Crippen molar-refractivity contribution in [2.45, 2.75) is 128 Å². The van der Waals surface area contributed by atoms with Crippen molar-refractivity contribution in [2.24, 2.45) is 11.8 Å². The van der Waals surface area contributed by atoms with Gasteiger partial charge in [-0.1, -0.05) is 71.6 Å². The monoisotopic (exact) mass is 430 g/mol. The molecule has 0 aromatic heterocycles. The molecular weight excluding hydrogens is 390 g/mol. The highest BCUT2D eigenvalue weighted by Gasteiger charge is 2.46. The van der Waals surface area contributed by atoms with E-state index >= 15 is 0 Å². The van der Waals surface area contributed by atoms with Crippen molar-refractivity contribution in [1.82, 2.24) is 0 Å². The van der Waals surface area contributed by atoms with Crippen LogP contribution in [0.3, 0.4) is 0 Å². The lowest BCUT2D eigenvalue weighted by Gasteiger charge is -2.42. The van der Waals surface area contributed by atoms with Gasteiger partial charge in [0.05, 0.1) is 0 Å². The van der Waals surface area contributed by atoms with Crippen molar-refractivity contribution in [2.75, 3.05) is 0 Å². The van der Waals surface area contributed by atoms with E-state index in [2.05, 4.69) is 0 Å². The average Bonchev–Trinajstić information content (AvgIpc) is 2.76. The zero-order chi connectivity index (χ0) is 22.0. The molecule has 0 aromatic rings. The SMILES string of the molecule is CCCC[C@@H](F)C(=O)OC1(OC(=O)[C@H](F)CCCC)CCC(C2CCCCC2)CC1. The number of halogens is 2. The molecule has 2 rings (SSSR count). The van der Waals surface area contributed by atoms with Crippen LogP contribution in [0.1, 0.15) is 110 Å². The molecule has 2 saturated carbocycles. The number of rotatable bonds is 11. The average molecular weight is 431 g/mol. The fourth-order valence-corrected chi connectivity index (χ4v) is 4.88. The van der Waals surface area contributed by atoms with Gasteiger partial charge in [-0.2, -0.15) is 0 Å². The standard InChI is InChI=1S/C24H40F2O4/c1-3-5-12-20(25)22(27)29-24(30-23(28)21(26)13-6-4-2)16-14-19(15-17-24)18-10-8-7-9-11-18/h18-21H,3-17H2,1-2H3/t20-,21-/m1/s1. The minimum atomic E-state index is -1.74. The van der Waals surface area contributed by atoms with E-state index in [1.165, 1.54) is 32.1 Å². The smallest absolute Gasteiger partial charge is 0.343 e. The highest BCUT2D eigenvalue weighted by molar-refractivity contribution is 5.77. The van der Waals surface area contributed by atoms with Gasteiger partial charge in [0.2, 0.25) is 0 Å². The van der Waals surface area contributed by atoms with Gasteiger partial charge in [0.15, 0.2) is 12.3 Å². The highest BCUT2D eigenvalue weighted by Crippen LogP contribution is 2.43. The molecule has 174 valence electrons. The quantitative estimate of drug-likeness (QED) is 0.274. The van der Waals surface area contributed by atoms with Gasteiger partial charge in [0.25, 0.3) is 5.79 Å². The number of unbranched alkanes of at least 4 members (excludes halogenated alkanes) is 2. The molecule has 0 aliphatic heterocycles. The van der Waals surface area contributed by atoms with E-state index < -0.39 is 30.1 Å². The molecule has 0 unspecified atom stereocenters. The Balaban J connectivity index is 2.02. The normalized spacial score (nSPS) is 22.3.